The number of amides is 4. The molecule has 1 N–H and O–H groups in total. The summed E-state index contributed by atoms with van der Waals surface area (Å²) in [6, 6.07) is 13.1. The summed E-state index contributed by atoms with van der Waals surface area (Å²) in [5.41, 5.74) is 3.59. The standard InChI is InChI=1S/C31H37N3O6/c1-20(2)18-40-31(38)33-14-12-22(13-15-33)16-21-6-8-23(9-7-21)19-39-27-5-3-4-24-25(27)17-34(30(24)37)26-10-11-28(35)32-29(26)36/h3-9,20,22,26H,10-19H2,1-2H3,(H,32,35,36). The molecule has 3 aliphatic heterocycles. The van der Waals surface area contributed by atoms with Crippen molar-refractivity contribution < 1.29 is 28.7 Å². The average molecular weight is 548 g/mol. The molecule has 1 atom stereocenters. The van der Waals surface area contributed by atoms with Crippen molar-refractivity contribution in [2.45, 2.75) is 65.1 Å². The zero-order chi connectivity index (χ0) is 28.2. The molecule has 0 radical (unpaired) electrons. The quantitative estimate of drug-likeness (QED) is 0.500. The molecule has 3 aliphatic rings. The Hall–Kier alpha value is -3.88. The Kier molecular flexibility index (Phi) is 8.38. The van der Waals surface area contributed by atoms with Gasteiger partial charge in [0.2, 0.25) is 11.8 Å². The van der Waals surface area contributed by atoms with E-state index in [1.54, 1.807) is 12.1 Å². The molecule has 40 heavy (non-hydrogen) atoms. The van der Waals surface area contributed by atoms with Crippen LogP contribution in [0.15, 0.2) is 42.5 Å². The van der Waals surface area contributed by atoms with Gasteiger partial charge in [0.15, 0.2) is 0 Å². The van der Waals surface area contributed by atoms with Crippen molar-refractivity contribution in [2.75, 3.05) is 19.7 Å². The molecule has 1 unspecified atom stereocenters. The van der Waals surface area contributed by atoms with Crippen LogP contribution in [0.1, 0.15) is 66.6 Å². The van der Waals surface area contributed by atoms with Gasteiger partial charge in [0.25, 0.3) is 5.91 Å². The number of rotatable bonds is 8. The topological polar surface area (TPSA) is 105 Å². The number of hydrogen-bond acceptors (Lipinski definition) is 6. The Bertz CT molecular complexity index is 1270. The lowest BCUT2D eigenvalue weighted by molar-refractivity contribution is -0.136. The van der Waals surface area contributed by atoms with E-state index in [0.717, 1.165) is 43.5 Å². The van der Waals surface area contributed by atoms with Gasteiger partial charge in [0.1, 0.15) is 18.4 Å². The summed E-state index contributed by atoms with van der Waals surface area (Å²) >= 11 is 0. The van der Waals surface area contributed by atoms with Gasteiger partial charge < -0.3 is 19.3 Å². The van der Waals surface area contributed by atoms with E-state index in [2.05, 4.69) is 29.6 Å². The van der Waals surface area contributed by atoms with Gasteiger partial charge in [-0.1, -0.05) is 44.2 Å². The minimum absolute atomic E-state index is 0.200. The van der Waals surface area contributed by atoms with E-state index in [1.165, 1.54) is 10.5 Å². The molecule has 0 bridgehead atoms. The highest BCUT2D eigenvalue weighted by atomic mass is 16.6. The van der Waals surface area contributed by atoms with Crippen LogP contribution in [0.2, 0.25) is 0 Å². The summed E-state index contributed by atoms with van der Waals surface area (Å²) in [6.07, 6.45) is 3.26. The van der Waals surface area contributed by atoms with E-state index in [-0.39, 0.29) is 30.9 Å². The Labute approximate surface area is 234 Å². The third-order valence-corrected chi connectivity index (χ3v) is 7.89. The van der Waals surface area contributed by atoms with Crippen LogP contribution in [-0.4, -0.2) is 59.4 Å². The Balaban J connectivity index is 1.12. The van der Waals surface area contributed by atoms with Gasteiger partial charge in [-0.3, -0.25) is 19.7 Å². The summed E-state index contributed by atoms with van der Waals surface area (Å²) < 4.78 is 11.5. The summed E-state index contributed by atoms with van der Waals surface area (Å²) in [6.45, 7) is 6.64. The van der Waals surface area contributed by atoms with Crippen LogP contribution in [-0.2, 0) is 33.9 Å². The molecule has 2 saturated heterocycles. The number of nitrogens with one attached hydrogen (secondary N) is 1. The largest absolute Gasteiger partial charge is 0.489 e. The molecular formula is C31H37N3O6. The number of hydrogen-bond donors (Lipinski definition) is 1. The predicted molar refractivity (Wildman–Crippen MR) is 147 cm³/mol. The van der Waals surface area contributed by atoms with Crippen LogP contribution in [0.3, 0.4) is 0 Å². The predicted octanol–water partition coefficient (Wildman–Crippen LogP) is 4.07. The first-order valence-electron chi connectivity index (χ1n) is 14.2. The summed E-state index contributed by atoms with van der Waals surface area (Å²) in [5.74, 6) is 0.566. The van der Waals surface area contributed by atoms with Crippen LogP contribution in [0.4, 0.5) is 4.79 Å². The molecule has 0 saturated carbocycles. The van der Waals surface area contributed by atoms with Crippen molar-refractivity contribution in [3.63, 3.8) is 0 Å². The van der Waals surface area contributed by atoms with Gasteiger partial charge in [-0.05, 0) is 60.8 Å². The number of carbonyl (C=O) groups is 4. The van der Waals surface area contributed by atoms with Crippen molar-refractivity contribution in [1.29, 1.82) is 0 Å². The first kappa shape index (κ1) is 27.7. The lowest BCUT2D eigenvalue weighted by Gasteiger charge is -2.31. The van der Waals surface area contributed by atoms with Gasteiger partial charge in [-0.15, -0.1) is 0 Å². The fourth-order valence-electron chi connectivity index (χ4n) is 5.61. The highest BCUT2D eigenvalue weighted by molar-refractivity contribution is 6.05. The van der Waals surface area contributed by atoms with Gasteiger partial charge in [0, 0.05) is 30.6 Å². The second-order valence-corrected chi connectivity index (χ2v) is 11.4. The zero-order valence-corrected chi connectivity index (χ0v) is 23.2. The van der Waals surface area contributed by atoms with Crippen molar-refractivity contribution in [1.82, 2.24) is 15.1 Å². The molecular weight excluding hydrogens is 510 g/mol. The van der Waals surface area contributed by atoms with E-state index in [0.29, 0.717) is 42.8 Å². The van der Waals surface area contributed by atoms with E-state index >= 15 is 0 Å². The molecule has 9 nitrogen and oxygen atoms in total. The van der Waals surface area contributed by atoms with Crippen molar-refractivity contribution in [3.8, 4) is 5.75 Å². The highest BCUT2D eigenvalue weighted by Crippen LogP contribution is 2.34. The Morgan fingerprint density at radius 3 is 2.42 bits per heavy atom. The molecule has 3 heterocycles. The van der Waals surface area contributed by atoms with Crippen LogP contribution < -0.4 is 10.1 Å². The maximum absolute atomic E-state index is 13.0. The van der Waals surface area contributed by atoms with E-state index < -0.39 is 11.9 Å². The van der Waals surface area contributed by atoms with Crippen LogP contribution in [0.5, 0.6) is 5.75 Å². The van der Waals surface area contributed by atoms with Crippen LogP contribution in [0, 0.1) is 11.8 Å². The summed E-state index contributed by atoms with van der Waals surface area (Å²) in [4.78, 5) is 52.5. The third kappa shape index (κ3) is 6.29. The summed E-state index contributed by atoms with van der Waals surface area (Å²) in [5, 5.41) is 2.34. The van der Waals surface area contributed by atoms with Crippen molar-refractivity contribution in [3.05, 3.63) is 64.7 Å². The number of piperidine rings is 2. The van der Waals surface area contributed by atoms with E-state index in [9.17, 15) is 19.2 Å². The number of likely N-dealkylation sites (tertiary alicyclic amines) is 1. The molecule has 9 heteroatoms. The highest BCUT2D eigenvalue weighted by Gasteiger charge is 2.40. The van der Waals surface area contributed by atoms with Crippen molar-refractivity contribution in [2.24, 2.45) is 11.8 Å². The molecule has 2 fully saturated rings. The SMILES string of the molecule is CC(C)COC(=O)N1CCC(Cc2ccc(COc3cccc4c3CN(C3CCC(=O)NC3=O)C4=O)cc2)CC1. The first-order chi connectivity index (χ1) is 19.3. The zero-order valence-electron chi connectivity index (χ0n) is 23.2. The maximum Gasteiger partial charge on any atom is 0.409 e. The fourth-order valence-corrected chi connectivity index (χ4v) is 5.61. The van der Waals surface area contributed by atoms with Gasteiger partial charge in [-0.2, -0.15) is 0 Å². The summed E-state index contributed by atoms with van der Waals surface area (Å²) in [7, 11) is 0. The number of ether oxygens (including phenoxy) is 2. The Morgan fingerprint density at radius 2 is 1.73 bits per heavy atom. The maximum atomic E-state index is 13.0. The first-order valence-corrected chi connectivity index (χ1v) is 14.2. The molecule has 2 aromatic carbocycles. The molecule has 0 aliphatic carbocycles. The molecule has 0 aromatic heterocycles. The number of fused-ring (bicyclic) bond motifs is 1. The Morgan fingerprint density at radius 1 is 1.00 bits per heavy atom. The van der Waals surface area contributed by atoms with Gasteiger partial charge in [0.05, 0.1) is 13.2 Å². The van der Waals surface area contributed by atoms with Crippen molar-refractivity contribution >= 4 is 23.8 Å². The lowest BCUT2D eigenvalue weighted by Crippen LogP contribution is -2.52. The third-order valence-electron chi connectivity index (χ3n) is 7.89. The van der Waals surface area contributed by atoms with Gasteiger partial charge in [-0.25, -0.2) is 4.79 Å². The van der Waals surface area contributed by atoms with E-state index in [1.807, 2.05) is 24.8 Å². The van der Waals surface area contributed by atoms with Gasteiger partial charge >= 0.3 is 6.09 Å². The fraction of sp³-hybridized carbons (Fsp3) is 0.484. The van der Waals surface area contributed by atoms with Crippen LogP contribution in [0.25, 0.3) is 0 Å². The molecule has 5 rings (SSSR count). The molecule has 212 valence electrons. The second kappa shape index (κ2) is 12.1. The molecule has 0 spiro atoms. The normalized spacial score (nSPS) is 19.6. The number of carbonyl (C=O) groups excluding carboxylic acids is 4. The minimum Gasteiger partial charge on any atom is -0.489 e. The van der Waals surface area contributed by atoms with E-state index in [4.69, 9.17) is 9.47 Å². The average Bonchev–Trinajstić information content (AvgIpc) is 3.28. The monoisotopic (exact) mass is 547 g/mol. The number of nitrogens with zero attached hydrogens (tertiary/aromatic N) is 2. The number of imide groups is 1. The second-order valence-electron chi connectivity index (χ2n) is 11.4. The molecule has 2 aromatic rings. The lowest BCUT2D eigenvalue weighted by atomic mass is 9.90. The smallest absolute Gasteiger partial charge is 0.409 e. The number of benzene rings is 2. The minimum atomic E-state index is -0.649. The van der Waals surface area contributed by atoms with Crippen LogP contribution >= 0.6 is 0 Å². The molecule has 4 amide bonds.